The van der Waals surface area contributed by atoms with Gasteiger partial charge in [-0.05, 0) is 89.9 Å². The molecule has 416 valence electrons. The van der Waals surface area contributed by atoms with Crippen molar-refractivity contribution in [2.45, 2.75) is 281 Å². The standard InChI is InChI=1S/C61H107NO10/c1-3-5-7-9-11-13-15-25-29-33-37-41-45-49-57(66)70-50-46-42-38-34-30-27-24-22-20-18-16-17-19-21-23-26-28-32-36-40-44-48-56(65)62-53(52-71-61-60(69)59(68)58(67)55(51-63)72-61)54(64)47-43-39-35-31-14-12-10-8-6-4-2/h7,9,13-15,27,30-31,38,42-43,47,53-55,58-61,63-64,67-69H,3-6,8,10-12,16-26,28-29,32-37,39-41,44-46,48-52H2,1-2H3,(H,62,65)/b9-7-,15-13-,30-27-,31-14+,42-38-,47-43+. The van der Waals surface area contributed by atoms with Crippen LogP contribution in [-0.2, 0) is 23.8 Å². The lowest BCUT2D eigenvalue weighted by atomic mass is 9.99. The molecule has 72 heavy (non-hydrogen) atoms. The summed E-state index contributed by atoms with van der Waals surface area (Å²) in [4.78, 5) is 25.0. The number of amides is 1. The maximum Gasteiger partial charge on any atom is 0.305 e. The summed E-state index contributed by atoms with van der Waals surface area (Å²) in [7, 11) is 0. The molecule has 11 nitrogen and oxygen atoms in total. The van der Waals surface area contributed by atoms with E-state index in [1.165, 1.54) is 122 Å². The number of unbranched alkanes of at least 4 members (excludes halogenated alkanes) is 25. The molecule has 11 heteroatoms. The Labute approximate surface area is 439 Å². The summed E-state index contributed by atoms with van der Waals surface area (Å²) in [5.41, 5.74) is 0. The highest BCUT2D eigenvalue weighted by Gasteiger charge is 2.44. The van der Waals surface area contributed by atoms with Gasteiger partial charge in [-0.25, -0.2) is 0 Å². The second-order valence-corrected chi connectivity index (χ2v) is 20.0. The molecule has 0 aromatic carbocycles. The van der Waals surface area contributed by atoms with Gasteiger partial charge in [-0.3, -0.25) is 9.59 Å². The molecular weight excluding hydrogens is 907 g/mol. The van der Waals surface area contributed by atoms with Gasteiger partial charge in [0.05, 0.1) is 32.0 Å². The van der Waals surface area contributed by atoms with E-state index in [0.29, 0.717) is 19.4 Å². The molecule has 0 radical (unpaired) electrons. The Morgan fingerprint density at radius 3 is 1.51 bits per heavy atom. The quantitative estimate of drug-likeness (QED) is 0.0195. The zero-order chi connectivity index (χ0) is 52.4. The molecule has 6 N–H and O–H groups in total. The van der Waals surface area contributed by atoms with E-state index in [1.54, 1.807) is 6.08 Å². The number of rotatable bonds is 49. The summed E-state index contributed by atoms with van der Waals surface area (Å²) in [5.74, 6) is -0.266. The highest BCUT2D eigenvalue weighted by atomic mass is 16.7. The SMILES string of the molecule is CCC/C=C\C/C=C\CCCCCCCC(=O)OCC/C=C\C/C=C\CCCCCCCCCCCCCCCCC(=O)NC(COC1OC(CO)C(O)C(O)C1O)C(O)/C=C/CC/C=C/CCCCCC. The van der Waals surface area contributed by atoms with Crippen LogP contribution in [0.1, 0.15) is 239 Å². The number of ether oxygens (including phenoxy) is 3. The predicted molar refractivity (Wildman–Crippen MR) is 296 cm³/mol. The molecule has 7 atom stereocenters. The Kier molecular flexibility index (Phi) is 46.9. The lowest BCUT2D eigenvalue weighted by molar-refractivity contribution is -0.302. The van der Waals surface area contributed by atoms with Gasteiger partial charge in [0.2, 0.25) is 5.91 Å². The van der Waals surface area contributed by atoms with Crippen LogP contribution in [0.2, 0.25) is 0 Å². The number of aliphatic hydroxyl groups is 5. The van der Waals surface area contributed by atoms with Gasteiger partial charge in [0.15, 0.2) is 6.29 Å². The third-order valence-corrected chi connectivity index (χ3v) is 13.3. The monoisotopic (exact) mass is 1010 g/mol. The van der Waals surface area contributed by atoms with E-state index in [1.807, 2.05) is 6.08 Å². The maximum atomic E-state index is 13.0. The van der Waals surface area contributed by atoms with Crippen LogP contribution in [0.3, 0.4) is 0 Å². The Morgan fingerprint density at radius 2 is 0.972 bits per heavy atom. The fourth-order valence-electron chi connectivity index (χ4n) is 8.62. The second kappa shape index (κ2) is 50.3. The van der Waals surface area contributed by atoms with Gasteiger partial charge in [0, 0.05) is 12.8 Å². The maximum absolute atomic E-state index is 13.0. The first-order chi connectivity index (χ1) is 35.2. The van der Waals surface area contributed by atoms with Crippen LogP contribution in [0.15, 0.2) is 72.9 Å². The fourth-order valence-corrected chi connectivity index (χ4v) is 8.62. The van der Waals surface area contributed by atoms with Crippen molar-refractivity contribution in [1.29, 1.82) is 0 Å². The number of hydrogen-bond donors (Lipinski definition) is 6. The minimum absolute atomic E-state index is 0.0655. The number of allylic oxidation sites excluding steroid dienone is 10. The summed E-state index contributed by atoms with van der Waals surface area (Å²) in [6.07, 6.45) is 55.9. The van der Waals surface area contributed by atoms with Crippen molar-refractivity contribution in [3.05, 3.63) is 72.9 Å². The summed E-state index contributed by atoms with van der Waals surface area (Å²) < 4.78 is 16.6. The molecule has 1 rings (SSSR count). The summed E-state index contributed by atoms with van der Waals surface area (Å²) in [6, 6.07) is -0.832. The molecule has 0 saturated carbocycles. The van der Waals surface area contributed by atoms with Crippen molar-refractivity contribution in [3.8, 4) is 0 Å². The molecule has 7 unspecified atom stereocenters. The normalized spacial score (nSPS) is 19.6. The van der Waals surface area contributed by atoms with E-state index in [0.717, 1.165) is 89.9 Å². The van der Waals surface area contributed by atoms with Gasteiger partial charge in [0.25, 0.3) is 0 Å². The third kappa shape index (κ3) is 39.5. The van der Waals surface area contributed by atoms with E-state index in [-0.39, 0.29) is 18.5 Å². The first kappa shape index (κ1) is 67.1. The fraction of sp³-hybridized carbons (Fsp3) is 0.770. The molecular formula is C61H107NO10. The van der Waals surface area contributed by atoms with Gasteiger partial charge in [-0.15, -0.1) is 0 Å². The Morgan fingerprint density at radius 1 is 0.514 bits per heavy atom. The van der Waals surface area contributed by atoms with Crippen molar-refractivity contribution in [2.24, 2.45) is 0 Å². The molecule has 1 amide bonds. The predicted octanol–water partition coefficient (Wildman–Crippen LogP) is 13.2. The molecule has 0 bridgehead atoms. The average molecular weight is 1010 g/mol. The van der Waals surface area contributed by atoms with Crippen LogP contribution in [0, 0.1) is 0 Å². The van der Waals surface area contributed by atoms with E-state index in [9.17, 15) is 35.1 Å². The first-order valence-corrected chi connectivity index (χ1v) is 29.2. The molecule has 0 aromatic rings. The summed E-state index contributed by atoms with van der Waals surface area (Å²) in [5, 5.41) is 54.2. The van der Waals surface area contributed by atoms with Gasteiger partial charge in [-0.2, -0.15) is 0 Å². The summed E-state index contributed by atoms with van der Waals surface area (Å²) in [6.45, 7) is 4.09. The third-order valence-electron chi connectivity index (χ3n) is 13.3. The van der Waals surface area contributed by atoms with Crippen molar-refractivity contribution in [2.75, 3.05) is 19.8 Å². The van der Waals surface area contributed by atoms with Gasteiger partial charge in [-0.1, -0.05) is 209 Å². The number of esters is 1. The van der Waals surface area contributed by atoms with Crippen LogP contribution in [0.25, 0.3) is 0 Å². The molecule has 1 aliphatic heterocycles. The van der Waals surface area contributed by atoms with Crippen LogP contribution in [0.5, 0.6) is 0 Å². The number of nitrogens with one attached hydrogen (secondary N) is 1. The van der Waals surface area contributed by atoms with Crippen molar-refractivity contribution < 1.29 is 49.3 Å². The largest absolute Gasteiger partial charge is 0.465 e. The Balaban J connectivity index is 2.07. The number of carbonyl (C=O) groups excluding carboxylic acids is 2. The second-order valence-electron chi connectivity index (χ2n) is 20.0. The number of aliphatic hydroxyl groups excluding tert-OH is 5. The molecule has 1 saturated heterocycles. The molecule has 1 fully saturated rings. The van der Waals surface area contributed by atoms with E-state index in [2.05, 4.69) is 79.9 Å². The van der Waals surface area contributed by atoms with Crippen molar-refractivity contribution in [3.63, 3.8) is 0 Å². The van der Waals surface area contributed by atoms with E-state index >= 15 is 0 Å². The zero-order valence-electron chi connectivity index (χ0n) is 45.6. The van der Waals surface area contributed by atoms with Crippen molar-refractivity contribution >= 4 is 11.9 Å². The lowest BCUT2D eigenvalue weighted by Crippen LogP contribution is -2.60. The highest BCUT2D eigenvalue weighted by Crippen LogP contribution is 2.23. The molecule has 0 spiro atoms. The lowest BCUT2D eigenvalue weighted by Gasteiger charge is -2.40. The minimum atomic E-state index is -1.58. The molecule has 1 heterocycles. The highest BCUT2D eigenvalue weighted by molar-refractivity contribution is 5.76. The van der Waals surface area contributed by atoms with Crippen LogP contribution >= 0.6 is 0 Å². The number of hydrogen-bond acceptors (Lipinski definition) is 10. The topological polar surface area (TPSA) is 175 Å². The van der Waals surface area contributed by atoms with Crippen LogP contribution in [-0.4, -0.2) is 100 Å². The van der Waals surface area contributed by atoms with Crippen LogP contribution < -0.4 is 5.32 Å². The molecule has 0 aromatic heterocycles. The van der Waals surface area contributed by atoms with Crippen molar-refractivity contribution in [1.82, 2.24) is 5.32 Å². The first-order valence-electron chi connectivity index (χ1n) is 29.2. The van der Waals surface area contributed by atoms with Gasteiger partial charge < -0.3 is 45.1 Å². The van der Waals surface area contributed by atoms with Crippen LogP contribution in [0.4, 0.5) is 0 Å². The zero-order valence-corrected chi connectivity index (χ0v) is 45.6. The smallest absolute Gasteiger partial charge is 0.305 e. The van der Waals surface area contributed by atoms with Gasteiger partial charge >= 0.3 is 5.97 Å². The Bertz CT molecular complexity index is 1430. The number of carbonyl (C=O) groups is 2. The van der Waals surface area contributed by atoms with E-state index in [4.69, 9.17) is 14.2 Å². The van der Waals surface area contributed by atoms with E-state index < -0.39 is 49.5 Å². The summed E-state index contributed by atoms with van der Waals surface area (Å²) >= 11 is 0. The Hall–Kier alpha value is -2.90. The molecule has 1 aliphatic rings. The van der Waals surface area contributed by atoms with Gasteiger partial charge in [0.1, 0.15) is 24.4 Å². The molecule has 0 aliphatic carbocycles. The minimum Gasteiger partial charge on any atom is -0.465 e. The average Bonchev–Trinajstić information content (AvgIpc) is 3.38.